The van der Waals surface area contributed by atoms with Gasteiger partial charge in [0.1, 0.15) is 18.1 Å². The van der Waals surface area contributed by atoms with Crippen molar-refractivity contribution >= 4 is 17.7 Å². The van der Waals surface area contributed by atoms with Crippen molar-refractivity contribution in [2.24, 2.45) is 0 Å². The van der Waals surface area contributed by atoms with Gasteiger partial charge in [0.2, 0.25) is 0 Å². The number of aryl methyl sites for hydroxylation is 1. The number of carboxylic acid groups (broad SMARTS) is 1. The molecule has 0 heterocycles. The molecule has 1 N–H and O–H groups in total. The van der Waals surface area contributed by atoms with Crippen molar-refractivity contribution in [3.05, 3.63) is 89.0 Å². The molecule has 0 fully saturated rings. The van der Waals surface area contributed by atoms with E-state index in [1.54, 1.807) is 17.8 Å². The minimum atomic E-state index is -4.35. The molecule has 3 aromatic carbocycles. The number of aliphatic carboxylic acids is 1. The second-order valence-electron chi connectivity index (χ2n) is 7.03. The standard InChI is InChI=1S/C24H21F3O4S/c1-16-12-21(10-11-22(16)31-14-23(28)29)32-15-18-4-8-20(9-5-18)30-13-17-2-6-19(7-3-17)24(25,26)27/h2-12H,13-15H2,1H3,(H,28,29). The Morgan fingerprint density at radius 2 is 1.59 bits per heavy atom. The zero-order valence-corrected chi connectivity index (χ0v) is 18.0. The molecular weight excluding hydrogens is 441 g/mol. The number of carbonyl (C=O) groups is 1. The Balaban J connectivity index is 1.49. The summed E-state index contributed by atoms with van der Waals surface area (Å²) in [4.78, 5) is 11.7. The Morgan fingerprint density at radius 3 is 2.19 bits per heavy atom. The molecule has 0 unspecified atom stereocenters. The van der Waals surface area contributed by atoms with Crippen LogP contribution in [0.15, 0.2) is 71.6 Å². The van der Waals surface area contributed by atoms with Gasteiger partial charge in [-0.1, -0.05) is 24.3 Å². The molecule has 0 aliphatic heterocycles. The highest BCUT2D eigenvalue weighted by Gasteiger charge is 2.29. The van der Waals surface area contributed by atoms with Crippen LogP contribution < -0.4 is 9.47 Å². The molecule has 3 rings (SSSR count). The molecule has 3 aromatic rings. The molecule has 168 valence electrons. The lowest BCUT2D eigenvalue weighted by Gasteiger charge is -2.10. The van der Waals surface area contributed by atoms with Crippen LogP contribution in [-0.4, -0.2) is 17.7 Å². The number of benzene rings is 3. The van der Waals surface area contributed by atoms with Crippen molar-refractivity contribution in [3.8, 4) is 11.5 Å². The maximum absolute atomic E-state index is 12.6. The SMILES string of the molecule is Cc1cc(SCc2ccc(OCc3ccc(C(F)(F)F)cc3)cc2)ccc1OCC(=O)O. The molecule has 0 saturated heterocycles. The lowest BCUT2D eigenvalue weighted by molar-refractivity contribution is -0.139. The fourth-order valence-electron chi connectivity index (χ4n) is 2.82. The maximum atomic E-state index is 12.6. The molecule has 0 aromatic heterocycles. The molecule has 0 aliphatic rings. The van der Waals surface area contributed by atoms with E-state index in [2.05, 4.69) is 0 Å². The third kappa shape index (κ3) is 6.95. The molecule has 4 nitrogen and oxygen atoms in total. The number of rotatable bonds is 9. The van der Waals surface area contributed by atoms with Crippen LogP contribution in [-0.2, 0) is 23.3 Å². The van der Waals surface area contributed by atoms with Gasteiger partial charge in [0.25, 0.3) is 0 Å². The number of ether oxygens (including phenoxy) is 2. The van der Waals surface area contributed by atoms with Crippen molar-refractivity contribution in [3.63, 3.8) is 0 Å². The summed E-state index contributed by atoms with van der Waals surface area (Å²) < 4.78 is 48.7. The van der Waals surface area contributed by atoms with Crippen LogP contribution in [0.5, 0.6) is 11.5 Å². The third-order valence-electron chi connectivity index (χ3n) is 4.51. The molecule has 0 saturated carbocycles. The van der Waals surface area contributed by atoms with Crippen LogP contribution in [0.2, 0.25) is 0 Å². The van der Waals surface area contributed by atoms with Gasteiger partial charge in [-0.3, -0.25) is 0 Å². The second-order valence-corrected chi connectivity index (χ2v) is 8.07. The van der Waals surface area contributed by atoms with Gasteiger partial charge in [-0.2, -0.15) is 13.2 Å². The first kappa shape index (κ1) is 23.5. The van der Waals surface area contributed by atoms with Crippen molar-refractivity contribution in [2.45, 2.75) is 30.4 Å². The third-order valence-corrected chi connectivity index (χ3v) is 5.58. The number of halogens is 3. The maximum Gasteiger partial charge on any atom is 0.416 e. The molecule has 0 amide bonds. The van der Waals surface area contributed by atoms with Gasteiger partial charge in [-0.25, -0.2) is 4.79 Å². The Kier molecular flexibility index (Phi) is 7.69. The molecule has 32 heavy (non-hydrogen) atoms. The van der Waals surface area contributed by atoms with Gasteiger partial charge in [0, 0.05) is 10.6 Å². The van der Waals surface area contributed by atoms with E-state index in [-0.39, 0.29) is 13.2 Å². The van der Waals surface area contributed by atoms with Gasteiger partial charge in [0.05, 0.1) is 5.56 Å². The summed E-state index contributed by atoms with van der Waals surface area (Å²) in [5.74, 6) is 0.892. The molecule has 0 aliphatic carbocycles. The monoisotopic (exact) mass is 462 g/mol. The molecule has 0 atom stereocenters. The highest BCUT2D eigenvalue weighted by atomic mass is 32.2. The van der Waals surface area contributed by atoms with Crippen molar-refractivity contribution < 1.29 is 32.5 Å². The predicted octanol–water partition coefficient (Wildman–Crippen LogP) is 6.35. The lowest BCUT2D eigenvalue weighted by Crippen LogP contribution is -2.09. The average molecular weight is 462 g/mol. The Bertz CT molecular complexity index is 1050. The van der Waals surface area contributed by atoms with E-state index in [0.29, 0.717) is 17.1 Å². The van der Waals surface area contributed by atoms with E-state index in [1.165, 1.54) is 12.1 Å². The summed E-state index contributed by atoms with van der Waals surface area (Å²) in [6.07, 6.45) is -4.35. The van der Waals surface area contributed by atoms with Gasteiger partial charge in [-0.05, 0) is 66.1 Å². The smallest absolute Gasteiger partial charge is 0.416 e. The summed E-state index contributed by atoms with van der Waals surface area (Å²) in [5, 5.41) is 8.70. The summed E-state index contributed by atoms with van der Waals surface area (Å²) in [7, 11) is 0. The van der Waals surface area contributed by atoms with Gasteiger partial charge in [-0.15, -0.1) is 11.8 Å². The predicted molar refractivity (Wildman–Crippen MR) is 116 cm³/mol. The van der Waals surface area contributed by atoms with Crippen LogP contribution >= 0.6 is 11.8 Å². The van der Waals surface area contributed by atoms with Crippen LogP contribution in [0.1, 0.15) is 22.3 Å². The van der Waals surface area contributed by atoms with Crippen LogP contribution in [0, 0.1) is 6.92 Å². The van der Waals surface area contributed by atoms with Crippen molar-refractivity contribution in [1.29, 1.82) is 0 Å². The summed E-state index contributed by atoms with van der Waals surface area (Å²) in [6, 6.07) is 18.0. The first-order chi connectivity index (χ1) is 15.2. The van der Waals surface area contributed by atoms with Crippen molar-refractivity contribution in [1.82, 2.24) is 0 Å². The van der Waals surface area contributed by atoms with Crippen LogP contribution in [0.25, 0.3) is 0 Å². The van der Waals surface area contributed by atoms with E-state index < -0.39 is 17.7 Å². The first-order valence-corrected chi connectivity index (χ1v) is 10.7. The number of hydrogen-bond acceptors (Lipinski definition) is 4. The zero-order valence-electron chi connectivity index (χ0n) is 17.2. The van der Waals surface area contributed by atoms with E-state index in [1.807, 2.05) is 43.3 Å². The Labute approximate surface area is 188 Å². The highest BCUT2D eigenvalue weighted by Crippen LogP contribution is 2.30. The highest BCUT2D eigenvalue weighted by molar-refractivity contribution is 7.98. The number of thioether (sulfide) groups is 1. The average Bonchev–Trinajstić information content (AvgIpc) is 2.76. The number of carboxylic acids is 1. The van der Waals surface area contributed by atoms with E-state index >= 15 is 0 Å². The largest absolute Gasteiger partial charge is 0.489 e. The molecule has 0 spiro atoms. The fraction of sp³-hybridized carbons (Fsp3) is 0.208. The molecular formula is C24H21F3O4S. The minimum Gasteiger partial charge on any atom is -0.489 e. The first-order valence-electron chi connectivity index (χ1n) is 9.66. The summed E-state index contributed by atoms with van der Waals surface area (Å²) in [5.41, 5.74) is 1.92. The fourth-order valence-corrected chi connectivity index (χ4v) is 3.77. The van der Waals surface area contributed by atoms with Gasteiger partial charge >= 0.3 is 12.1 Å². The van der Waals surface area contributed by atoms with E-state index in [9.17, 15) is 18.0 Å². The molecule has 8 heteroatoms. The van der Waals surface area contributed by atoms with Gasteiger partial charge < -0.3 is 14.6 Å². The number of alkyl halides is 3. The van der Waals surface area contributed by atoms with E-state index in [0.717, 1.165) is 33.9 Å². The Hall–Kier alpha value is -3.13. The van der Waals surface area contributed by atoms with Gasteiger partial charge in [0.15, 0.2) is 6.61 Å². The summed E-state index contributed by atoms with van der Waals surface area (Å²) in [6.45, 7) is 1.67. The summed E-state index contributed by atoms with van der Waals surface area (Å²) >= 11 is 1.64. The topological polar surface area (TPSA) is 55.8 Å². The Morgan fingerprint density at radius 1 is 0.938 bits per heavy atom. The second kappa shape index (κ2) is 10.5. The zero-order chi connectivity index (χ0) is 23.1. The quantitative estimate of drug-likeness (QED) is 0.376. The minimum absolute atomic E-state index is 0.182. The molecule has 0 radical (unpaired) electrons. The van der Waals surface area contributed by atoms with E-state index in [4.69, 9.17) is 14.6 Å². The van der Waals surface area contributed by atoms with Crippen LogP contribution in [0.4, 0.5) is 13.2 Å². The lowest BCUT2D eigenvalue weighted by atomic mass is 10.1. The van der Waals surface area contributed by atoms with Crippen LogP contribution in [0.3, 0.4) is 0 Å². The molecule has 0 bridgehead atoms. The normalized spacial score (nSPS) is 11.2. The van der Waals surface area contributed by atoms with Crippen molar-refractivity contribution in [2.75, 3.05) is 6.61 Å². The number of hydrogen-bond donors (Lipinski definition) is 1.